The molecule has 0 radical (unpaired) electrons. The Morgan fingerprint density at radius 2 is 1.79 bits per heavy atom. The molecule has 2 aliphatic rings. The summed E-state index contributed by atoms with van der Waals surface area (Å²) in [6, 6.07) is 20.6. The number of amides is 3. The molecule has 0 saturated carbocycles. The average Bonchev–Trinajstić information content (AvgIpc) is 3.68. The zero-order chi connectivity index (χ0) is 26.9. The molecule has 198 valence electrons. The molecule has 2 unspecified atom stereocenters. The van der Waals surface area contributed by atoms with Crippen LogP contribution in [0.2, 0.25) is 5.02 Å². The number of oxazole rings is 1. The molecule has 2 atom stereocenters. The van der Waals surface area contributed by atoms with Crippen molar-refractivity contribution in [3.05, 3.63) is 83.4 Å². The van der Waals surface area contributed by atoms with E-state index in [0.717, 1.165) is 29.5 Å². The monoisotopic (exact) mass is 543 g/mol. The first-order valence-electron chi connectivity index (χ1n) is 12.9. The maximum Gasteiger partial charge on any atom is 0.257 e. The molecule has 2 saturated heterocycles. The first-order valence-corrected chi connectivity index (χ1v) is 13.3. The minimum Gasteiger partial charge on any atom is -0.436 e. The van der Waals surface area contributed by atoms with Crippen molar-refractivity contribution < 1.29 is 23.5 Å². The minimum absolute atomic E-state index is 0.0786. The third-order valence-electron chi connectivity index (χ3n) is 7.18. The molecular formula is C30H26ClN3O5. The van der Waals surface area contributed by atoms with Gasteiger partial charge in [0.1, 0.15) is 11.6 Å². The lowest BCUT2D eigenvalue weighted by molar-refractivity contribution is -0.139. The number of imide groups is 1. The predicted molar refractivity (Wildman–Crippen MR) is 146 cm³/mol. The molecule has 1 aromatic heterocycles. The van der Waals surface area contributed by atoms with E-state index in [1.165, 1.54) is 9.80 Å². The Balaban J connectivity index is 1.23. The second kappa shape index (κ2) is 10.6. The Hall–Kier alpha value is -4.01. The Morgan fingerprint density at radius 3 is 2.51 bits per heavy atom. The van der Waals surface area contributed by atoms with Crippen LogP contribution in [0.4, 0.5) is 5.69 Å². The summed E-state index contributed by atoms with van der Waals surface area (Å²) in [5.74, 6) is -0.546. The quantitative estimate of drug-likeness (QED) is 0.304. The molecule has 8 nitrogen and oxygen atoms in total. The standard InChI is InChI=1S/C30H26ClN3O5/c31-21-11-7-19(8-12-21)16-27(35)33(18-23-4-3-15-38-23)25-17-28(36)34(30(25)37)22-13-9-20(10-14-22)29-32-24-5-1-2-6-26(24)39-29/h1-2,5-14,23,25H,3-4,15-18H2. The van der Waals surface area contributed by atoms with Crippen LogP contribution in [0.15, 0.2) is 77.2 Å². The van der Waals surface area contributed by atoms with Crippen LogP contribution >= 0.6 is 11.6 Å². The van der Waals surface area contributed by atoms with Crippen LogP contribution in [0.3, 0.4) is 0 Å². The van der Waals surface area contributed by atoms with Gasteiger partial charge in [-0.2, -0.15) is 0 Å². The summed E-state index contributed by atoms with van der Waals surface area (Å²) in [5.41, 5.74) is 3.38. The highest BCUT2D eigenvalue weighted by Gasteiger charge is 2.45. The highest BCUT2D eigenvalue weighted by Crippen LogP contribution is 2.30. The fraction of sp³-hybridized carbons (Fsp3) is 0.267. The average molecular weight is 544 g/mol. The van der Waals surface area contributed by atoms with Gasteiger partial charge in [0, 0.05) is 23.7 Å². The molecule has 2 aliphatic heterocycles. The largest absolute Gasteiger partial charge is 0.436 e. The summed E-state index contributed by atoms with van der Waals surface area (Å²) in [6.45, 7) is 0.889. The van der Waals surface area contributed by atoms with Crippen molar-refractivity contribution >= 4 is 46.1 Å². The summed E-state index contributed by atoms with van der Waals surface area (Å²) < 4.78 is 11.6. The fourth-order valence-electron chi connectivity index (χ4n) is 5.17. The molecule has 0 N–H and O–H groups in total. The molecule has 4 aromatic rings. The first kappa shape index (κ1) is 25.3. The zero-order valence-electron chi connectivity index (χ0n) is 21.1. The summed E-state index contributed by atoms with van der Waals surface area (Å²) in [4.78, 5) is 47.4. The SMILES string of the molecule is O=C1CC(N(CC2CCCO2)C(=O)Cc2ccc(Cl)cc2)C(=O)N1c1ccc(-c2nc3ccccc3o2)cc1. The number of hydrogen-bond acceptors (Lipinski definition) is 6. The highest BCUT2D eigenvalue weighted by atomic mass is 35.5. The van der Waals surface area contributed by atoms with E-state index in [2.05, 4.69) is 4.98 Å². The van der Waals surface area contributed by atoms with Crippen LogP contribution < -0.4 is 4.90 Å². The highest BCUT2D eigenvalue weighted by molar-refractivity contribution is 6.30. The topological polar surface area (TPSA) is 93.0 Å². The van der Waals surface area contributed by atoms with Crippen molar-refractivity contribution in [2.75, 3.05) is 18.1 Å². The lowest BCUT2D eigenvalue weighted by atomic mass is 10.1. The second-order valence-electron chi connectivity index (χ2n) is 9.81. The van der Waals surface area contributed by atoms with Crippen molar-refractivity contribution in [1.82, 2.24) is 9.88 Å². The van der Waals surface area contributed by atoms with Crippen LogP contribution in [0.25, 0.3) is 22.6 Å². The van der Waals surface area contributed by atoms with Crippen LogP contribution in [0.5, 0.6) is 0 Å². The second-order valence-corrected chi connectivity index (χ2v) is 10.2. The normalized spacial score (nSPS) is 19.3. The molecule has 39 heavy (non-hydrogen) atoms. The molecule has 3 amide bonds. The summed E-state index contributed by atoms with van der Waals surface area (Å²) >= 11 is 5.99. The van der Waals surface area contributed by atoms with Gasteiger partial charge in [-0.3, -0.25) is 14.4 Å². The summed E-state index contributed by atoms with van der Waals surface area (Å²) in [6.07, 6.45) is 1.57. The van der Waals surface area contributed by atoms with E-state index in [1.807, 2.05) is 24.3 Å². The Bertz CT molecular complexity index is 1490. The predicted octanol–water partition coefficient (Wildman–Crippen LogP) is 5.03. The first-order chi connectivity index (χ1) is 19.0. The Labute approximate surface area is 230 Å². The number of halogens is 1. The molecule has 2 fully saturated rings. The van der Waals surface area contributed by atoms with E-state index in [4.69, 9.17) is 20.8 Å². The lowest BCUT2D eigenvalue weighted by Crippen LogP contribution is -2.49. The van der Waals surface area contributed by atoms with E-state index in [-0.39, 0.29) is 37.3 Å². The van der Waals surface area contributed by atoms with Gasteiger partial charge in [-0.25, -0.2) is 9.88 Å². The van der Waals surface area contributed by atoms with Crippen LogP contribution in [0.1, 0.15) is 24.8 Å². The fourth-order valence-corrected chi connectivity index (χ4v) is 5.29. The number of para-hydroxylation sites is 2. The lowest BCUT2D eigenvalue weighted by Gasteiger charge is -2.30. The molecular weight excluding hydrogens is 518 g/mol. The van der Waals surface area contributed by atoms with E-state index in [1.54, 1.807) is 48.5 Å². The van der Waals surface area contributed by atoms with Gasteiger partial charge in [-0.1, -0.05) is 35.9 Å². The zero-order valence-corrected chi connectivity index (χ0v) is 21.8. The summed E-state index contributed by atoms with van der Waals surface area (Å²) in [7, 11) is 0. The van der Waals surface area contributed by atoms with E-state index in [9.17, 15) is 14.4 Å². The molecule has 0 spiro atoms. The van der Waals surface area contributed by atoms with Gasteiger partial charge in [0.05, 0.1) is 24.6 Å². The third kappa shape index (κ3) is 5.17. The van der Waals surface area contributed by atoms with Crippen molar-refractivity contribution in [2.45, 2.75) is 37.8 Å². The van der Waals surface area contributed by atoms with E-state index < -0.39 is 11.9 Å². The number of anilines is 1. The van der Waals surface area contributed by atoms with Crippen molar-refractivity contribution in [2.24, 2.45) is 0 Å². The number of fused-ring (bicyclic) bond motifs is 1. The van der Waals surface area contributed by atoms with Crippen molar-refractivity contribution in [1.29, 1.82) is 0 Å². The van der Waals surface area contributed by atoms with Crippen LogP contribution in [-0.2, 0) is 25.5 Å². The number of nitrogens with zero attached hydrogens (tertiary/aromatic N) is 3. The van der Waals surface area contributed by atoms with Crippen LogP contribution in [0, 0.1) is 0 Å². The van der Waals surface area contributed by atoms with Crippen molar-refractivity contribution in [3.63, 3.8) is 0 Å². The van der Waals surface area contributed by atoms with Gasteiger partial charge in [-0.15, -0.1) is 0 Å². The molecule has 9 heteroatoms. The minimum atomic E-state index is -0.891. The number of carbonyl (C=O) groups is 3. The van der Waals surface area contributed by atoms with Gasteiger partial charge in [0.2, 0.25) is 17.7 Å². The Kier molecular flexibility index (Phi) is 6.89. The number of benzene rings is 3. The van der Waals surface area contributed by atoms with E-state index >= 15 is 0 Å². The number of carbonyl (C=O) groups excluding carboxylic acids is 3. The van der Waals surface area contributed by atoms with Gasteiger partial charge in [-0.05, 0) is 66.9 Å². The molecule has 3 aromatic carbocycles. The Morgan fingerprint density at radius 1 is 1.03 bits per heavy atom. The number of ether oxygens (including phenoxy) is 1. The molecule has 0 bridgehead atoms. The van der Waals surface area contributed by atoms with Crippen LogP contribution in [-0.4, -0.2) is 52.9 Å². The third-order valence-corrected chi connectivity index (χ3v) is 7.43. The van der Waals surface area contributed by atoms with Gasteiger partial charge in [0.15, 0.2) is 5.58 Å². The van der Waals surface area contributed by atoms with Gasteiger partial charge >= 0.3 is 0 Å². The summed E-state index contributed by atoms with van der Waals surface area (Å²) in [5, 5.41) is 0.580. The smallest absolute Gasteiger partial charge is 0.257 e. The number of rotatable bonds is 7. The van der Waals surface area contributed by atoms with Crippen molar-refractivity contribution in [3.8, 4) is 11.5 Å². The molecule has 6 rings (SSSR count). The van der Waals surface area contributed by atoms with E-state index in [0.29, 0.717) is 28.8 Å². The maximum atomic E-state index is 13.6. The number of aromatic nitrogens is 1. The molecule has 0 aliphatic carbocycles. The number of hydrogen-bond donors (Lipinski definition) is 0. The molecule has 3 heterocycles. The maximum absolute atomic E-state index is 13.6. The van der Waals surface area contributed by atoms with Gasteiger partial charge in [0.25, 0.3) is 5.91 Å². The van der Waals surface area contributed by atoms with Gasteiger partial charge < -0.3 is 14.1 Å².